The van der Waals surface area contributed by atoms with Gasteiger partial charge in [0.05, 0.1) is 6.61 Å². The van der Waals surface area contributed by atoms with Crippen LogP contribution in [-0.2, 0) is 21.3 Å². The van der Waals surface area contributed by atoms with E-state index in [9.17, 15) is 13.0 Å². The van der Waals surface area contributed by atoms with Gasteiger partial charge in [0, 0.05) is 0 Å². The molecule has 1 heterocycles. The van der Waals surface area contributed by atoms with Crippen LogP contribution in [0.25, 0.3) is 0 Å². The van der Waals surface area contributed by atoms with Gasteiger partial charge in [-0.1, -0.05) is 13.3 Å². The van der Waals surface area contributed by atoms with Crippen molar-refractivity contribution in [2.24, 2.45) is 0 Å². The second kappa shape index (κ2) is 8.63. The summed E-state index contributed by atoms with van der Waals surface area (Å²) < 4.78 is 37.6. The molecular formula is C10H15NaO4S2. The standard InChI is InChI=1S/C10H16O4S2.Na/c1-2-3-10(16(11,12)13)14-6-4-9-5-7-15-8-9;/h5,7-8,10H,2-4,6H2,1H3,(H,11,12,13);/q;+1/p-1. The Morgan fingerprint density at radius 2 is 2.24 bits per heavy atom. The van der Waals surface area contributed by atoms with Crippen molar-refractivity contribution >= 4 is 21.5 Å². The first-order valence-corrected chi connectivity index (χ1v) is 7.53. The van der Waals surface area contributed by atoms with Crippen LogP contribution in [0.2, 0.25) is 0 Å². The summed E-state index contributed by atoms with van der Waals surface area (Å²) in [5.41, 5.74) is -0.0975. The fourth-order valence-electron chi connectivity index (χ4n) is 1.29. The van der Waals surface area contributed by atoms with E-state index in [1.54, 1.807) is 11.3 Å². The molecule has 7 heteroatoms. The molecule has 0 saturated heterocycles. The van der Waals surface area contributed by atoms with E-state index in [0.717, 1.165) is 5.56 Å². The Bertz CT molecular complexity index is 388. The Hall–Kier alpha value is 0.570. The van der Waals surface area contributed by atoms with Crippen LogP contribution in [0.4, 0.5) is 0 Å². The van der Waals surface area contributed by atoms with E-state index in [0.29, 0.717) is 12.8 Å². The first-order chi connectivity index (χ1) is 7.54. The third kappa shape index (κ3) is 6.91. The Balaban J connectivity index is 0.00000256. The summed E-state index contributed by atoms with van der Waals surface area (Å²) in [5, 5.41) is 3.92. The molecule has 17 heavy (non-hydrogen) atoms. The van der Waals surface area contributed by atoms with Crippen molar-refractivity contribution in [2.75, 3.05) is 6.61 Å². The van der Waals surface area contributed by atoms with Crippen molar-refractivity contribution in [1.82, 2.24) is 0 Å². The number of thiophene rings is 1. The van der Waals surface area contributed by atoms with Crippen LogP contribution < -0.4 is 29.6 Å². The molecule has 4 nitrogen and oxygen atoms in total. The maximum Gasteiger partial charge on any atom is 1.00 e. The van der Waals surface area contributed by atoms with Crippen molar-refractivity contribution in [2.45, 2.75) is 31.6 Å². The molecule has 0 fully saturated rings. The average molecular weight is 286 g/mol. The average Bonchev–Trinajstić information content (AvgIpc) is 2.67. The first-order valence-electron chi connectivity index (χ1n) is 5.11. The van der Waals surface area contributed by atoms with E-state index < -0.39 is 15.6 Å². The van der Waals surface area contributed by atoms with Crippen LogP contribution in [0.3, 0.4) is 0 Å². The van der Waals surface area contributed by atoms with Gasteiger partial charge in [0.15, 0.2) is 0 Å². The maximum atomic E-state index is 10.8. The summed E-state index contributed by atoms with van der Waals surface area (Å²) in [7, 11) is -4.34. The van der Waals surface area contributed by atoms with E-state index in [4.69, 9.17) is 4.74 Å². The summed E-state index contributed by atoms with van der Waals surface area (Å²) in [6, 6.07) is 1.95. The van der Waals surface area contributed by atoms with E-state index in [2.05, 4.69) is 0 Å². The summed E-state index contributed by atoms with van der Waals surface area (Å²) in [6.45, 7) is 2.09. The molecule has 0 aliphatic heterocycles. The normalized spacial score (nSPS) is 13.1. The number of rotatable bonds is 7. The minimum Gasteiger partial charge on any atom is -0.746 e. The molecule has 1 atom stereocenters. The maximum absolute atomic E-state index is 10.8. The van der Waals surface area contributed by atoms with Gasteiger partial charge in [-0.15, -0.1) is 0 Å². The summed E-state index contributed by atoms with van der Waals surface area (Å²) >= 11 is 1.58. The van der Waals surface area contributed by atoms with Gasteiger partial charge >= 0.3 is 29.6 Å². The minimum absolute atomic E-state index is 0. The molecule has 1 aromatic rings. The summed E-state index contributed by atoms with van der Waals surface area (Å²) in [4.78, 5) is 0. The predicted molar refractivity (Wildman–Crippen MR) is 62.4 cm³/mol. The smallest absolute Gasteiger partial charge is 0.746 e. The fraction of sp³-hybridized carbons (Fsp3) is 0.600. The number of hydrogen-bond donors (Lipinski definition) is 0. The van der Waals surface area contributed by atoms with Gasteiger partial charge in [-0.2, -0.15) is 11.3 Å². The molecular weight excluding hydrogens is 271 g/mol. The molecule has 92 valence electrons. The zero-order valence-electron chi connectivity index (χ0n) is 10.1. The second-order valence-corrected chi connectivity index (χ2v) is 5.75. The van der Waals surface area contributed by atoms with Gasteiger partial charge in [0.2, 0.25) is 0 Å². The van der Waals surface area contributed by atoms with E-state index >= 15 is 0 Å². The monoisotopic (exact) mass is 286 g/mol. The van der Waals surface area contributed by atoms with Gasteiger partial charge < -0.3 is 9.29 Å². The van der Waals surface area contributed by atoms with Gasteiger partial charge in [0.25, 0.3) is 0 Å². The zero-order valence-corrected chi connectivity index (χ0v) is 13.7. The van der Waals surface area contributed by atoms with E-state index in [1.165, 1.54) is 0 Å². The van der Waals surface area contributed by atoms with E-state index in [-0.39, 0.29) is 42.6 Å². The Morgan fingerprint density at radius 1 is 1.53 bits per heavy atom. The molecule has 0 bridgehead atoms. The topological polar surface area (TPSA) is 66.4 Å². The summed E-state index contributed by atoms with van der Waals surface area (Å²) in [6.07, 6.45) is 1.51. The van der Waals surface area contributed by atoms with Crippen molar-refractivity contribution in [3.8, 4) is 0 Å². The Morgan fingerprint density at radius 3 is 2.71 bits per heavy atom. The Labute approximate surface area is 128 Å². The second-order valence-electron chi connectivity index (χ2n) is 3.46. The molecule has 0 spiro atoms. The predicted octanol–water partition coefficient (Wildman–Crippen LogP) is -1.02. The van der Waals surface area contributed by atoms with Crippen molar-refractivity contribution in [1.29, 1.82) is 0 Å². The molecule has 1 aromatic heterocycles. The quantitative estimate of drug-likeness (QED) is 0.475. The van der Waals surface area contributed by atoms with Gasteiger partial charge in [-0.25, -0.2) is 8.42 Å². The molecule has 1 unspecified atom stereocenters. The molecule has 0 amide bonds. The molecule has 0 saturated carbocycles. The van der Waals surface area contributed by atoms with E-state index in [1.807, 2.05) is 23.8 Å². The number of ether oxygens (including phenoxy) is 1. The van der Waals surface area contributed by atoms with Gasteiger partial charge in [0.1, 0.15) is 15.6 Å². The van der Waals surface area contributed by atoms with Crippen molar-refractivity contribution in [3.63, 3.8) is 0 Å². The first kappa shape index (κ1) is 17.6. The van der Waals surface area contributed by atoms with Crippen LogP contribution in [0.15, 0.2) is 16.8 Å². The Kier molecular flexibility index (Phi) is 8.92. The minimum atomic E-state index is -4.34. The van der Waals surface area contributed by atoms with Gasteiger partial charge in [-0.3, -0.25) is 0 Å². The van der Waals surface area contributed by atoms with Crippen LogP contribution in [0.5, 0.6) is 0 Å². The largest absolute Gasteiger partial charge is 1.00 e. The summed E-state index contributed by atoms with van der Waals surface area (Å²) in [5.74, 6) is 0. The fourth-order valence-corrected chi connectivity index (χ4v) is 2.78. The van der Waals surface area contributed by atoms with Crippen molar-refractivity contribution < 1.29 is 47.3 Å². The molecule has 0 aliphatic rings. The molecule has 0 aromatic carbocycles. The molecule has 1 rings (SSSR count). The molecule has 0 radical (unpaired) electrons. The van der Waals surface area contributed by atoms with Crippen LogP contribution in [0, 0.1) is 0 Å². The third-order valence-electron chi connectivity index (χ3n) is 2.12. The molecule has 0 N–H and O–H groups in total. The third-order valence-corrected chi connectivity index (χ3v) is 3.87. The SMILES string of the molecule is CCCC(OCCc1ccsc1)S(=O)(=O)[O-].[Na+]. The van der Waals surface area contributed by atoms with Crippen molar-refractivity contribution in [3.05, 3.63) is 22.4 Å². The number of hydrogen-bond acceptors (Lipinski definition) is 5. The van der Waals surface area contributed by atoms with Crippen LogP contribution in [-0.4, -0.2) is 25.0 Å². The van der Waals surface area contributed by atoms with Gasteiger partial charge in [-0.05, 0) is 35.2 Å². The zero-order chi connectivity index (χ0) is 12.0. The molecule has 0 aliphatic carbocycles. The van der Waals surface area contributed by atoms with Crippen LogP contribution in [0.1, 0.15) is 25.3 Å². The van der Waals surface area contributed by atoms with Crippen LogP contribution >= 0.6 is 11.3 Å².